The zero-order valence-electron chi connectivity index (χ0n) is 8.79. The van der Waals surface area contributed by atoms with Gasteiger partial charge in [-0.1, -0.05) is 32.6 Å². The minimum absolute atomic E-state index is 0.375. The standard InChI is InChI=1S/C9H18ClNO2S/c1-3-4-5-6-7-8-13-9(12)11(2)14-10/h3-8H2,1-2H3. The second-order valence-corrected chi connectivity index (χ2v) is 4.19. The third kappa shape index (κ3) is 7.33. The van der Waals surface area contributed by atoms with E-state index in [-0.39, 0.29) is 6.09 Å². The molecule has 0 aliphatic heterocycles. The first-order chi connectivity index (χ1) is 6.72. The summed E-state index contributed by atoms with van der Waals surface area (Å²) >= 11 is 0.836. The molecule has 0 radical (unpaired) electrons. The fourth-order valence-electron chi connectivity index (χ4n) is 0.984. The lowest BCUT2D eigenvalue weighted by molar-refractivity contribution is 0.131. The molecule has 3 nitrogen and oxygen atoms in total. The van der Waals surface area contributed by atoms with Crippen molar-refractivity contribution in [1.82, 2.24) is 4.31 Å². The van der Waals surface area contributed by atoms with Gasteiger partial charge in [0.05, 0.1) is 17.8 Å². The van der Waals surface area contributed by atoms with Gasteiger partial charge in [-0.2, -0.15) is 0 Å². The van der Waals surface area contributed by atoms with E-state index in [4.69, 9.17) is 15.4 Å². The Kier molecular flexibility index (Phi) is 9.40. The topological polar surface area (TPSA) is 29.5 Å². The van der Waals surface area contributed by atoms with E-state index >= 15 is 0 Å². The maximum absolute atomic E-state index is 11.1. The van der Waals surface area contributed by atoms with E-state index < -0.39 is 0 Å². The van der Waals surface area contributed by atoms with Crippen molar-refractivity contribution in [3.63, 3.8) is 0 Å². The van der Waals surface area contributed by atoms with Crippen LogP contribution in [0.25, 0.3) is 0 Å². The van der Waals surface area contributed by atoms with Gasteiger partial charge in [0, 0.05) is 7.05 Å². The monoisotopic (exact) mass is 239 g/mol. The summed E-state index contributed by atoms with van der Waals surface area (Å²) in [4.78, 5) is 11.1. The highest BCUT2D eigenvalue weighted by Gasteiger charge is 2.08. The largest absolute Gasteiger partial charge is 0.449 e. The van der Waals surface area contributed by atoms with E-state index in [1.165, 1.54) is 23.6 Å². The van der Waals surface area contributed by atoms with E-state index in [1.807, 2.05) is 0 Å². The van der Waals surface area contributed by atoms with E-state index in [0.29, 0.717) is 6.61 Å². The van der Waals surface area contributed by atoms with Crippen molar-refractivity contribution < 1.29 is 9.53 Å². The van der Waals surface area contributed by atoms with E-state index in [2.05, 4.69) is 6.92 Å². The third-order valence-corrected chi connectivity index (χ3v) is 2.81. The quantitative estimate of drug-likeness (QED) is 0.500. The van der Waals surface area contributed by atoms with Crippen LogP contribution in [0.3, 0.4) is 0 Å². The molecule has 0 N–H and O–H groups in total. The summed E-state index contributed by atoms with van der Waals surface area (Å²) in [6.45, 7) is 2.66. The lowest BCUT2D eigenvalue weighted by Crippen LogP contribution is -2.19. The van der Waals surface area contributed by atoms with Gasteiger partial charge in [-0.25, -0.2) is 9.10 Å². The lowest BCUT2D eigenvalue weighted by Gasteiger charge is -2.11. The van der Waals surface area contributed by atoms with Gasteiger partial charge in [0.25, 0.3) is 0 Å². The number of nitrogens with zero attached hydrogens (tertiary/aromatic N) is 1. The van der Waals surface area contributed by atoms with Crippen molar-refractivity contribution in [1.29, 1.82) is 0 Å². The summed E-state index contributed by atoms with van der Waals surface area (Å²) in [6, 6.07) is 0. The molecule has 0 saturated carbocycles. The number of amides is 1. The predicted octanol–water partition coefficient (Wildman–Crippen LogP) is 3.83. The molecule has 5 heteroatoms. The molecule has 0 fully saturated rings. The van der Waals surface area contributed by atoms with Gasteiger partial charge in [-0.05, 0) is 17.1 Å². The maximum Gasteiger partial charge on any atom is 0.420 e. The molecular weight excluding hydrogens is 222 g/mol. The number of carbonyl (C=O) groups excluding carboxylic acids is 1. The first-order valence-corrected chi connectivity index (χ1v) is 6.51. The molecule has 0 aromatic rings. The molecule has 1 amide bonds. The number of carbonyl (C=O) groups is 1. The van der Waals surface area contributed by atoms with Crippen LogP contribution in [0.5, 0.6) is 0 Å². The van der Waals surface area contributed by atoms with Crippen LogP contribution in [-0.2, 0) is 4.74 Å². The minimum Gasteiger partial charge on any atom is -0.449 e. The van der Waals surface area contributed by atoms with Crippen molar-refractivity contribution in [3.8, 4) is 0 Å². The Hall–Kier alpha value is -0.0900. The van der Waals surface area contributed by atoms with Crippen LogP contribution in [0.4, 0.5) is 4.79 Å². The van der Waals surface area contributed by atoms with Gasteiger partial charge in [0.2, 0.25) is 0 Å². The third-order valence-electron chi connectivity index (χ3n) is 1.83. The number of ether oxygens (including phenoxy) is 1. The first-order valence-electron chi connectivity index (χ1n) is 4.91. The molecule has 0 aromatic carbocycles. The maximum atomic E-state index is 11.1. The van der Waals surface area contributed by atoms with Gasteiger partial charge in [-0.15, -0.1) is 0 Å². The lowest BCUT2D eigenvalue weighted by atomic mass is 10.2. The van der Waals surface area contributed by atoms with Gasteiger partial charge >= 0.3 is 6.09 Å². The van der Waals surface area contributed by atoms with Crippen molar-refractivity contribution >= 4 is 27.9 Å². The molecular formula is C9H18ClNO2S. The number of hydrogen-bond acceptors (Lipinski definition) is 3. The minimum atomic E-state index is -0.375. The summed E-state index contributed by atoms with van der Waals surface area (Å²) in [6.07, 6.45) is 5.39. The Labute approximate surface area is 94.8 Å². The Morgan fingerprint density at radius 3 is 2.57 bits per heavy atom. The van der Waals surface area contributed by atoms with Gasteiger partial charge in [0.15, 0.2) is 0 Å². The smallest absolute Gasteiger partial charge is 0.420 e. The molecule has 0 saturated heterocycles. The summed E-state index contributed by atoms with van der Waals surface area (Å²) in [5.41, 5.74) is 0. The highest BCUT2D eigenvalue weighted by Crippen LogP contribution is 2.12. The highest BCUT2D eigenvalue weighted by atomic mass is 35.7. The summed E-state index contributed by atoms with van der Waals surface area (Å²) in [5.74, 6) is 0. The summed E-state index contributed by atoms with van der Waals surface area (Å²) in [7, 11) is 6.95. The second-order valence-electron chi connectivity index (χ2n) is 3.10. The van der Waals surface area contributed by atoms with Crippen molar-refractivity contribution in [2.45, 2.75) is 39.0 Å². The first kappa shape index (κ1) is 13.9. The highest BCUT2D eigenvalue weighted by molar-refractivity contribution is 8.19. The van der Waals surface area contributed by atoms with Crippen molar-refractivity contribution in [2.75, 3.05) is 13.7 Å². The zero-order chi connectivity index (χ0) is 10.8. The van der Waals surface area contributed by atoms with Crippen LogP contribution in [-0.4, -0.2) is 24.1 Å². The molecule has 0 atom stereocenters. The van der Waals surface area contributed by atoms with Gasteiger partial charge in [0.1, 0.15) is 0 Å². The Morgan fingerprint density at radius 2 is 2.00 bits per heavy atom. The SMILES string of the molecule is CCCCCCCOC(=O)N(C)SCl. The number of hydrogen-bond donors (Lipinski definition) is 0. The molecule has 0 unspecified atom stereocenters. The van der Waals surface area contributed by atoms with Crippen LogP contribution in [0.2, 0.25) is 0 Å². The number of halogens is 1. The molecule has 0 aliphatic carbocycles. The van der Waals surface area contributed by atoms with E-state index in [0.717, 1.165) is 24.0 Å². The average molecular weight is 240 g/mol. The van der Waals surface area contributed by atoms with Gasteiger partial charge in [-0.3, -0.25) is 0 Å². The molecule has 0 rings (SSSR count). The molecule has 84 valence electrons. The van der Waals surface area contributed by atoms with Crippen LogP contribution in [0, 0.1) is 0 Å². The van der Waals surface area contributed by atoms with E-state index in [9.17, 15) is 4.79 Å². The molecule has 0 aliphatic rings. The van der Waals surface area contributed by atoms with E-state index in [1.54, 1.807) is 7.05 Å². The fraction of sp³-hybridized carbons (Fsp3) is 0.889. The normalized spacial score (nSPS) is 9.93. The van der Waals surface area contributed by atoms with Crippen LogP contribution in [0.1, 0.15) is 39.0 Å². The molecule has 0 spiro atoms. The Balaban J connectivity index is 3.23. The van der Waals surface area contributed by atoms with Crippen molar-refractivity contribution in [2.24, 2.45) is 0 Å². The summed E-state index contributed by atoms with van der Waals surface area (Å²) in [5, 5.41) is 0. The van der Waals surface area contributed by atoms with Crippen LogP contribution >= 0.6 is 21.8 Å². The summed E-state index contributed by atoms with van der Waals surface area (Å²) < 4.78 is 6.21. The van der Waals surface area contributed by atoms with Gasteiger partial charge < -0.3 is 4.74 Å². The fourth-order valence-corrected chi connectivity index (χ4v) is 1.26. The predicted molar refractivity (Wildman–Crippen MR) is 61.3 cm³/mol. The Bertz CT molecular complexity index is 158. The zero-order valence-corrected chi connectivity index (χ0v) is 10.4. The molecule has 0 aromatic heterocycles. The average Bonchev–Trinajstić information content (AvgIpc) is 2.21. The van der Waals surface area contributed by atoms with Crippen LogP contribution < -0.4 is 0 Å². The number of unbranched alkanes of at least 4 members (excludes halogenated alkanes) is 4. The van der Waals surface area contributed by atoms with Crippen LogP contribution in [0.15, 0.2) is 0 Å². The Morgan fingerprint density at radius 1 is 1.36 bits per heavy atom. The molecule has 0 heterocycles. The van der Waals surface area contributed by atoms with Crippen molar-refractivity contribution in [3.05, 3.63) is 0 Å². The second kappa shape index (κ2) is 9.46. The number of rotatable bonds is 7. The molecule has 0 bridgehead atoms. The molecule has 14 heavy (non-hydrogen) atoms.